The fourth-order valence-electron chi connectivity index (χ4n) is 3.50. The Bertz CT molecular complexity index is 1050. The molecular formula is C23H24O2. The molecule has 0 aliphatic heterocycles. The molecule has 4 rings (SSSR count). The Morgan fingerprint density at radius 1 is 0.840 bits per heavy atom. The number of fused-ring (bicyclic) bond motifs is 2. The summed E-state index contributed by atoms with van der Waals surface area (Å²) in [7, 11) is 0. The van der Waals surface area contributed by atoms with Gasteiger partial charge in [-0.05, 0) is 40.7 Å². The first-order valence-electron chi connectivity index (χ1n) is 8.88. The third-order valence-electron chi connectivity index (χ3n) is 5.00. The van der Waals surface area contributed by atoms with Crippen molar-refractivity contribution >= 4 is 21.9 Å². The molecule has 0 atom stereocenters. The lowest BCUT2D eigenvalue weighted by molar-refractivity contribution is 0.589. The quantitative estimate of drug-likeness (QED) is 0.386. The highest BCUT2D eigenvalue weighted by Gasteiger charge is 2.19. The van der Waals surface area contributed by atoms with Crippen molar-refractivity contribution in [1.29, 1.82) is 0 Å². The predicted molar refractivity (Wildman–Crippen MR) is 104 cm³/mol. The average Bonchev–Trinajstić information content (AvgIpc) is 3.19. The molecule has 0 N–H and O–H groups in total. The second-order valence-electron chi connectivity index (χ2n) is 8.13. The topological polar surface area (TPSA) is 26.3 Å². The molecule has 2 nitrogen and oxygen atoms in total. The van der Waals surface area contributed by atoms with E-state index in [1.54, 1.807) is 6.26 Å². The summed E-state index contributed by atoms with van der Waals surface area (Å²) < 4.78 is 11.7. The van der Waals surface area contributed by atoms with Crippen molar-refractivity contribution < 1.29 is 8.83 Å². The van der Waals surface area contributed by atoms with Gasteiger partial charge in [0.25, 0.3) is 0 Å². The minimum atomic E-state index is 0.101. The van der Waals surface area contributed by atoms with Gasteiger partial charge in [0, 0.05) is 21.9 Å². The van der Waals surface area contributed by atoms with E-state index in [1.807, 2.05) is 6.26 Å². The first-order chi connectivity index (χ1) is 11.9. The number of furan rings is 2. The molecule has 0 saturated carbocycles. The molecular weight excluding hydrogens is 308 g/mol. The molecule has 0 spiro atoms. The van der Waals surface area contributed by atoms with Crippen LogP contribution in [0, 0.1) is 0 Å². The zero-order chi connectivity index (χ0) is 17.8. The smallest absolute Gasteiger partial charge is 0.142 e. The molecule has 0 amide bonds. The van der Waals surface area contributed by atoms with Gasteiger partial charge in [0.15, 0.2) is 0 Å². The van der Waals surface area contributed by atoms with Crippen LogP contribution in [0.3, 0.4) is 0 Å². The van der Waals surface area contributed by atoms with Crippen molar-refractivity contribution in [2.24, 2.45) is 0 Å². The fraction of sp³-hybridized carbons (Fsp3) is 0.304. The highest BCUT2D eigenvalue weighted by atomic mass is 16.3. The van der Waals surface area contributed by atoms with Crippen molar-refractivity contribution in [3.63, 3.8) is 0 Å². The standard InChI is InChI=1S/C23H24O2/c1-14(2)16-7-8-17(22-18(16)10-11-24-22)20-13-25-21-9-6-15(12-19(20)21)23(3,4)5/h6-14H,1-5H3. The molecule has 0 bridgehead atoms. The van der Waals surface area contributed by atoms with Crippen molar-refractivity contribution in [3.8, 4) is 11.1 Å². The maximum atomic E-state index is 5.87. The van der Waals surface area contributed by atoms with Crippen LogP contribution in [0.1, 0.15) is 51.7 Å². The van der Waals surface area contributed by atoms with Gasteiger partial charge in [-0.3, -0.25) is 0 Å². The third kappa shape index (κ3) is 2.57. The van der Waals surface area contributed by atoms with Crippen LogP contribution < -0.4 is 0 Å². The van der Waals surface area contributed by atoms with Crippen LogP contribution in [0.2, 0.25) is 0 Å². The summed E-state index contributed by atoms with van der Waals surface area (Å²) in [6.45, 7) is 11.1. The van der Waals surface area contributed by atoms with Crippen molar-refractivity contribution in [1.82, 2.24) is 0 Å². The molecule has 0 fully saturated rings. The van der Waals surface area contributed by atoms with E-state index in [-0.39, 0.29) is 5.41 Å². The van der Waals surface area contributed by atoms with Gasteiger partial charge in [-0.25, -0.2) is 0 Å². The molecule has 25 heavy (non-hydrogen) atoms. The van der Waals surface area contributed by atoms with E-state index < -0.39 is 0 Å². The first kappa shape index (κ1) is 16.0. The lowest BCUT2D eigenvalue weighted by atomic mass is 9.86. The van der Waals surface area contributed by atoms with Crippen molar-refractivity contribution in [2.45, 2.75) is 46.0 Å². The minimum absolute atomic E-state index is 0.101. The lowest BCUT2D eigenvalue weighted by Gasteiger charge is -2.19. The average molecular weight is 332 g/mol. The Kier molecular flexibility index (Phi) is 3.54. The van der Waals surface area contributed by atoms with Crippen LogP contribution in [-0.4, -0.2) is 0 Å². The highest BCUT2D eigenvalue weighted by Crippen LogP contribution is 2.39. The molecule has 0 aliphatic rings. The summed E-state index contributed by atoms with van der Waals surface area (Å²) in [6, 6.07) is 12.9. The fourth-order valence-corrected chi connectivity index (χ4v) is 3.50. The van der Waals surface area contributed by atoms with E-state index in [4.69, 9.17) is 8.83 Å². The summed E-state index contributed by atoms with van der Waals surface area (Å²) in [5.41, 5.74) is 6.76. The summed E-state index contributed by atoms with van der Waals surface area (Å²) in [6.07, 6.45) is 3.63. The Morgan fingerprint density at radius 2 is 1.64 bits per heavy atom. The van der Waals surface area contributed by atoms with Gasteiger partial charge in [-0.2, -0.15) is 0 Å². The van der Waals surface area contributed by atoms with Gasteiger partial charge in [0.2, 0.25) is 0 Å². The van der Waals surface area contributed by atoms with E-state index in [0.717, 1.165) is 27.7 Å². The summed E-state index contributed by atoms with van der Waals surface area (Å²) in [5, 5.41) is 2.33. The van der Waals surface area contributed by atoms with Crippen molar-refractivity contribution in [3.05, 3.63) is 60.1 Å². The normalized spacial score (nSPS) is 12.6. The minimum Gasteiger partial charge on any atom is -0.464 e. The van der Waals surface area contributed by atoms with Gasteiger partial charge < -0.3 is 8.83 Å². The number of rotatable bonds is 2. The Balaban J connectivity index is 1.98. The SMILES string of the molecule is CC(C)c1ccc(-c2coc3ccc(C(C)(C)C)cc23)c2occc12. The highest BCUT2D eigenvalue weighted by molar-refractivity contribution is 6.03. The Morgan fingerprint density at radius 3 is 2.36 bits per heavy atom. The second kappa shape index (κ2) is 5.52. The summed E-state index contributed by atoms with van der Waals surface area (Å²) in [5.74, 6) is 0.461. The Hall–Kier alpha value is -2.48. The maximum absolute atomic E-state index is 5.87. The molecule has 2 aromatic heterocycles. The zero-order valence-corrected chi connectivity index (χ0v) is 15.5. The molecule has 0 radical (unpaired) electrons. The predicted octanol–water partition coefficient (Wildman–Crippen LogP) is 7.27. The van der Waals surface area contributed by atoms with E-state index in [9.17, 15) is 0 Å². The molecule has 0 unspecified atom stereocenters. The van der Waals surface area contributed by atoms with Crippen LogP contribution in [0.25, 0.3) is 33.1 Å². The second-order valence-corrected chi connectivity index (χ2v) is 8.13. The molecule has 2 heterocycles. The van der Waals surface area contributed by atoms with Gasteiger partial charge in [-0.15, -0.1) is 0 Å². The summed E-state index contributed by atoms with van der Waals surface area (Å²) in [4.78, 5) is 0. The molecule has 128 valence electrons. The molecule has 0 saturated heterocycles. The first-order valence-corrected chi connectivity index (χ1v) is 8.88. The third-order valence-corrected chi connectivity index (χ3v) is 5.00. The van der Waals surface area contributed by atoms with E-state index in [2.05, 4.69) is 71.0 Å². The van der Waals surface area contributed by atoms with Crippen LogP contribution in [0.4, 0.5) is 0 Å². The number of hydrogen-bond donors (Lipinski definition) is 0. The van der Waals surface area contributed by atoms with E-state index in [0.29, 0.717) is 5.92 Å². The Labute approximate surface area is 148 Å². The lowest BCUT2D eigenvalue weighted by Crippen LogP contribution is -2.10. The monoisotopic (exact) mass is 332 g/mol. The number of benzene rings is 2. The van der Waals surface area contributed by atoms with Crippen LogP contribution >= 0.6 is 0 Å². The molecule has 2 heteroatoms. The number of hydrogen-bond acceptors (Lipinski definition) is 2. The van der Waals surface area contributed by atoms with E-state index >= 15 is 0 Å². The van der Waals surface area contributed by atoms with Gasteiger partial charge in [0.05, 0.1) is 12.5 Å². The molecule has 2 aromatic carbocycles. The van der Waals surface area contributed by atoms with Gasteiger partial charge in [-0.1, -0.05) is 52.8 Å². The van der Waals surface area contributed by atoms with Crippen LogP contribution in [0.15, 0.2) is 57.8 Å². The van der Waals surface area contributed by atoms with Crippen LogP contribution in [0.5, 0.6) is 0 Å². The maximum Gasteiger partial charge on any atom is 0.142 e. The van der Waals surface area contributed by atoms with Gasteiger partial charge in [0.1, 0.15) is 11.2 Å². The van der Waals surface area contributed by atoms with Crippen molar-refractivity contribution in [2.75, 3.05) is 0 Å². The summed E-state index contributed by atoms with van der Waals surface area (Å²) >= 11 is 0. The zero-order valence-electron chi connectivity index (χ0n) is 15.5. The molecule has 0 aliphatic carbocycles. The van der Waals surface area contributed by atoms with Gasteiger partial charge >= 0.3 is 0 Å². The van der Waals surface area contributed by atoms with E-state index in [1.165, 1.54) is 16.5 Å². The largest absolute Gasteiger partial charge is 0.464 e. The molecule has 4 aromatic rings. The van der Waals surface area contributed by atoms with Crippen LogP contribution in [-0.2, 0) is 5.41 Å².